The molecule has 1 aromatic heterocycles. The van der Waals surface area contributed by atoms with Crippen LogP contribution in [0.1, 0.15) is 43.8 Å². The van der Waals surface area contributed by atoms with Gasteiger partial charge in [0.2, 0.25) is 0 Å². The summed E-state index contributed by atoms with van der Waals surface area (Å²) in [5, 5.41) is 10.7. The smallest absolute Gasteiger partial charge is 0.150 e. The van der Waals surface area contributed by atoms with E-state index in [1.54, 1.807) is 6.20 Å². The van der Waals surface area contributed by atoms with E-state index in [4.69, 9.17) is 16.6 Å². The second-order valence-electron chi connectivity index (χ2n) is 8.29. The van der Waals surface area contributed by atoms with Crippen LogP contribution in [-0.2, 0) is 10.8 Å². The van der Waals surface area contributed by atoms with Gasteiger partial charge in [0.05, 0.1) is 22.9 Å². The SMILES string of the molecule is O=[S@@]1CN(C2(CO)CCC2)c2nc(C3CCN(c4ccc(Cl)cc4)CC3)ncc21. The molecule has 1 saturated carbocycles. The molecule has 2 aromatic rings. The number of rotatable bonds is 4. The molecule has 6 nitrogen and oxygen atoms in total. The van der Waals surface area contributed by atoms with E-state index in [1.807, 2.05) is 12.1 Å². The van der Waals surface area contributed by atoms with Crippen LogP contribution in [0.2, 0.25) is 5.02 Å². The Kier molecular flexibility index (Phi) is 5.00. The predicted molar refractivity (Wildman–Crippen MR) is 115 cm³/mol. The van der Waals surface area contributed by atoms with Gasteiger partial charge in [-0.05, 0) is 56.4 Å². The maximum absolute atomic E-state index is 12.6. The van der Waals surface area contributed by atoms with Crippen LogP contribution in [0.15, 0.2) is 35.4 Å². The fourth-order valence-electron chi connectivity index (χ4n) is 4.68. The van der Waals surface area contributed by atoms with Crippen LogP contribution in [0.3, 0.4) is 0 Å². The Bertz CT molecular complexity index is 921. The van der Waals surface area contributed by atoms with Crippen LogP contribution < -0.4 is 9.80 Å². The minimum atomic E-state index is -1.12. The van der Waals surface area contributed by atoms with Gasteiger partial charge in [-0.3, -0.25) is 4.21 Å². The number of benzene rings is 1. The van der Waals surface area contributed by atoms with Crippen molar-refractivity contribution in [3.8, 4) is 0 Å². The summed E-state index contributed by atoms with van der Waals surface area (Å²) >= 11 is 6.00. The van der Waals surface area contributed by atoms with Crippen LogP contribution in [0.4, 0.5) is 11.5 Å². The summed E-state index contributed by atoms with van der Waals surface area (Å²) in [7, 11) is -1.12. The first-order valence-corrected chi connectivity index (χ1v) is 11.9. The number of fused-ring (bicyclic) bond motifs is 1. The van der Waals surface area contributed by atoms with Crippen LogP contribution in [-0.4, -0.2) is 50.4 Å². The van der Waals surface area contributed by atoms with E-state index in [0.717, 1.165) is 61.9 Å². The molecule has 5 rings (SSSR count). The quantitative estimate of drug-likeness (QED) is 0.799. The second-order valence-corrected chi connectivity index (χ2v) is 10.1. The van der Waals surface area contributed by atoms with E-state index in [0.29, 0.717) is 16.7 Å². The molecule has 0 radical (unpaired) electrons. The molecule has 0 bridgehead atoms. The molecule has 1 saturated heterocycles. The number of halogens is 1. The zero-order valence-corrected chi connectivity index (χ0v) is 17.8. The minimum Gasteiger partial charge on any atom is -0.394 e. The largest absolute Gasteiger partial charge is 0.394 e. The zero-order valence-electron chi connectivity index (χ0n) is 16.3. The highest BCUT2D eigenvalue weighted by Gasteiger charge is 2.47. The fraction of sp³-hybridized carbons (Fsp3) is 0.524. The van der Waals surface area contributed by atoms with Crippen LogP contribution in [0.25, 0.3) is 0 Å². The highest BCUT2D eigenvalue weighted by atomic mass is 35.5. The third-order valence-corrected chi connectivity index (χ3v) is 8.23. The van der Waals surface area contributed by atoms with Crippen molar-refractivity contribution in [1.82, 2.24) is 9.97 Å². The average molecular weight is 433 g/mol. The number of aromatic nitrogens is 2. The molecule has 1 N–H and O–H groups in total. The molecule has 29 heavy (non-hydrogen) atoms. The van der Waals surface area contributed by atoms with E-state index < -0.39 is 10.8 Å². The van der Waals surface area contributed by atoms with Crippen molar-refractivity contribution in [2.45, 2.75) is 48.5 Å². The first-order chi connectivity index (χ1) is 14.1. The van der Waals surface area contributed by atoms with Crippen molar-refractivity contribution in [3.63, 3.8) is 0 Å². The van der Waals surface area contributed by atoms with Gasteiger partial charge in [0.1, 0.15) is 22.4 Å². The van der Waals surface area contributed by atoms with Gasteiger partial charge >= 0.3 is 0 Å². The van der Waals surface area contributed by atoms with Crippen molar-refractivity contribution < 1.29 is 9.32 Å². The van der Waals surface area contributed by atoms with Crippen molar-refractivity contribution in [3.05, 3.63) is 41.3 Å². The topological polar surface area (TPSA) is 69.6 Å². The maximum Gasteiger partial charge on any atom is 0.150 e. The highest BCUT2D eigenvalue weighted by Crippen LogP contribution is 2.44. The molecular weight excluding hydrogens is 408 g/mol. The predicted octanol–water partition coefficient (Wildman–Crippen LogP) is 3.31. The van der Waals surface area contributed by atoms with Crippen molar-refractivity contribution in [2.75, 3.05) is 35.4 Å². The van der Waals surface area contributed by atoms with Gasteiger partial charge in [-0.15, -0.1) is 0 Å². The van der Waals surface area contributed by atoms with E-state index in [1.165, 1.54) is 5.69 Å². The van der Waals surface area contributed by atoms with Gasteiger partial charge in [-0.2, -0.15) is 0 Å². The maximum atomic E-state index is 12.6. The normalized spacial score (nSPS) is 23.7. The first kappa shape index (κ1) is 19.3. The van der Waals surface area contributed by atoms with Crippen molar-refractivity contribution in [1.29, 1.82) is 0 Å². The number of hydrogen-bond donors (Lipinski definition) is 1. The molecular formula is C21H25ClN4O2S. The van der Waals surface area contributed by atoms with Crippen LogP contribution >= 0.6 is 11.6 Å². The monoisotopic (exact) mass is 432 g/mol. The van der Waals surface area contributed by atoms with Gasteiger partial charge in [0, 0.05) is 35.9 Å². The molecule has 3 heterocycles. The molecule has 1 aromatic carbocycles. The lowest BCUT2D eigenvalue weighted by Crippen LogP contribution is -2.56. The summed E-state index contributed by atoms with van der Waals surface area (Å²) in [6.45, 7) is 1.98. The summed E-state index contributed by atoms with van der Waals surface area (Å²) in [4.78, 5) is 14.7. The molecule has 1 aliphatic carbocycles. The molecule has 8 heteroatoms. The summed E-state index contributed by atoms with van der Waals surface area (Å²) in [5.41, 5.74) is 0.906. The highest BCUT2D eigenvalue weighted by molar-refractivity contribution is 7.85. The minimum absolute atomic E-state index is 0.0858. The summed E-state index contributed by atoms with van der Waals surface area (Å²) in [6.07, 6.45) is 6.67. The molecule has 3 aliphatic rings. The third-order valence-electron chi connectivity index (χ3n) is 6.71. The van der Waals surface area contributed by atoms with Gasteiger partial charge in [-0.1, -0.05) is 11.6 Å². The van der Waals surface area contributed by atoms with Crippen LogP contribution in [0.5, 0.6) is 0 Å². The Morgan fingerprint density at radius 3 is 2.55 bits per heavy atom. The summed E-state index contributed by atoms with van der Waals surface area (Å²) in [5.74, 6) is 2.34. The first-order valence-electron chi connectivity index (χ1n) is 10.2. The Balaban J connectivity index is 1.34. The number of nitrogens with zero attached hydrogens (tertiary/aromatic N) is 4. The summed E-state index contributed by atoms with van der Waals surface area (Å²) in [6, 6.07) is 7.99. The third kappa shape index (κ3) is 3.33. The van der Waals surface area contributed by atoms with Crippen LogP contribution in [0, 0.1) is 0 Å². The fourth-order valence-corrected chi connectivity index (χ4v) is 6.11. The van der Waals surface area contributed by atoms with Gasteiger partial charge in [0.15, 0.2) is 0 Å². The van der Waals surface area contributed by atoms with E-state index in [2.05, 4.69) is 26.9 Å². The number of piperidine rings is 1. The lowest BCUT2D eigenvalue weighted by Gasteiger charge is -2.47. The van der Waals surface area contributed by atoms with Gasteiger partial charge < -0.3 is 14.9 Å². The zero-order chi connectivity index (χ0) is 20.0. The Hall–Kier alpha value is -1.70. The molecule has 2 aliphatic heterocycles. The standard InChI is InChI=1S/C21H25ClN4O2S/c22-16-2-4-17(5-3-16)25-10-6-15(7-11-25)19-23-12-18-20(24-19)26(14-29(18)28)21(13-27)8-1-9-21/h2-5,12,15,27H,1,6-11,13-14H2/t29-/m1/s1. The van der Waals surface area contributed by atoms with Gasteiger partial charge in [-0.25, -0.2) is 9.97 Å². The number of anilines is 2. The molecule has 0 spiro atoms. The Morgan fingerprint density at radius 1 is 1.21 bits per heavy atom. The molecule has 1 atom stereocenters. The number of hydrogen-bond acceptors (Lipinski definition) is 6. The molecule has 2 fully saturated rings. The van der Waals surface area contributed by atoms with Crippen molar-refractivity contribution >= 4 is 33.9 Å². The lowest BCUT2D eigenvalue weighted by atomic mass is 9.76. The van der Waals surface area contributed by atoms with Crippen molar-refractivity contribution in [2.24, 2.45) is 0 Å². The van der Waals surface area contributed by atoms with E-state index >= 15 is 0 Å². The second kappa shape index (κ2) is 7.52. The van der Waals surface area contributed by atoms with Gasteiger partial charge in [0.25, 0.3) is 0 Å². The average Bonchev–Trinajstić information content (AvgIpc) is 3.05. The number of aliphatic hydroxyl groups is 1. The van der Waals surface area contributed by atoms with E-state index in [9.17, 15) is 9.32 Å². The molecule has 0 amide bonds. The molecule has 0 unspecified atom stereocenters. The summed E-state index contributed by atoms with van der Waals surface area (Å²) < 4.78 is 12.6. The lowest BCUT2D eigenvalue weighted by molar-refractivity contribution is 0.119. The Labute approximate surface area is 178 Å². The number of aliphatic hydroxyl groups excluding tert-OH is 1. The Morgan fingerprint density at radius 2 is 1.93 bits per heavy atom. The molecule has 154 valence electrons. The van der Waals surface area contributed by atoms with E-state index in [-0.39, 0.29) is 12.1 Å².